The maximum Gasteiger partial charge on any atom is 0.330 e. The maximum atomic E-state index is 10.7. The molecule has 0 aliphatic carbocycles. The van der Waals surface area contributed by atoms with Gasteiger partial charge in [0.15, 0.2) is 6.04 Å². The van der Waals surface area contributed by atoms with Gasteiger partial charge in [-0.3, -0.25) is 4.79 Å². The molecule has 0 aliphatic rings. The zero-order valence-corrected chi connectivity index (χ0v) is 8.99. The van der Waals surface area contributed by atoms with Crippen molar-refractivity contribution in [1.82, 2.24) is 5.32 Å². The molecule has 1 amide bonds. The summed E-state index contributed by atoms with van der Waals surface area (Å²) in [6.07, 6.45) is 0.306. The summed E-state index contributed by atoms with van der Waals surface area (Å²) in [6, 6.07) is 0.271. The highest BCUT2D eigenvalue weighted by Crippen LogP contribution is 2.34. The second kappa shape index (κ2) is 4.63. The average Bonchev–Trinajstić information content (AvgIpc) is 2.40. The molecule has 0 spiro atoms. The molecule has 0 fully saturated rings. The zero-order valence-electron chi connectivity index (χ0n) is 6.66. The lowest BCUT2D eigenvalue weighted by atomic mass is 10.1. The van der Waals surface area contributed by atoms with Gasteiger partial charge in [0.25, 0.3) is 0 Å². The van der Waals surface area contributed by atoms with Crippen molar-refractivity contribution in [3.63, 3.8) is 0 Å². The highest BCUT2D eigenvalue weighted by Gasteiger charge is 2.23. The molecule has 7 heteroatoms. The quantitative estimate of drug-likeness (QED) is 0.806. The van der Waals surface area contributed by atoms with Gasteiger partial charge in [-0.05, 0) is 6.07 Å². The summed E-state index contributed by atoms with van der Waals surface area (Å²) in [5, 5.41) is 10.9. The second-order valence-electron chi connectivity index (χ2n) is 2.34. The molecule has 1 unspecified atom stereocenters. The molecule has 1 rings (SSSR count). The number of hydrogen-bond acceptors (Lipinski definition) is 3. The molecule has 1 heterocycles. The first kappa shape index (κ1) is 11.3. The Hall–Kier alpha value is -0.780. The van der Waals surface area contributed by atoms with Crippen LogP contribution in [-0.2, 0) is 9.59 Å². The molecule has 0 saturated carbocycles. The van der Waals surface area contributed by atoms with E-state index in [-0.39, 0.29) is 4.34 Å². The first-order valence-electron chi connectivity index (χ1n) is 3.43. The summed E-state index contributed by atoms with van der Waals surface area (Å²) in [6.45, 7) is 0. The molecule has 1 aromatic rings. The number of carbonyl (C=O) groups excluding carboxylic acids is 1. The van der Waals surface area contributed by atoms with Crippen LogP contribution in [0, 0.1) is 0 Å². The summed E-state index contributed by atoms with van der Waals surface area (Å²) in [4.78, 5) is 20.9. The number of thiophene rings is 1. The molecule has 1 aromatic heterocycles. The van der Waals surface area contributed by atoms with Gasteiger partial charge in [-0.25, -0.2) is 4.79 Å². The summed E-state index contributed by atoms with van der Waals surface area (Å²) in [5.41, 5.74) is 0.293. The van der Waals surface area contributed by atoms with Crippen LogP contribution in [0.5, 0.6) is 0 Å². The van der Waals surface area contributed by atoms with E-state index < -0.39 is 12.0 Å². The van der Waals surface area contributed by atoms with Crippen LogP contribution in [0.15, 0.2) is 6.07 Å². The van der Waals surface area contributed by atoms with E-state index in [4.69, 9.17) is 28.3 Å². The summed E-state index contributed by atoms with van der Waals surface area (Å²) < 4.78 is 0.640. The van der Waals surface area contributed by atoms with Crippen molar-refractivity contribution in [2.75, 3.05) is 0 Å². The number of aliphatic carboxylic acids is 1. The first-order valence-corrected chi connectivity index (χ1v) is 5.00. The van der Waals surface area contributed by atoms with Crippen LogP contribution >= 0.6 is 34.5 Å². The maximum absolute atomic E-state index is 10.7. The molecule has 0 saturated heterocycles. The van der Waals surface area contributed by atoms with E-state index in [0.29, 0.717) is 16.3 Å². The minimum absolute atomic E-state index is 0.261. The highest BCUT2D eigenvalue weighted by atomic mass is 35.5. The number of carbonyl (C=O) groups is 2. The third kappa shape index (κ3) is 2.37. The van der Waals surface area contributed by atoms with Crippen LogP contribution in [0.4, 0.5) is 0 Å². The summed E-state index contributed by atoms with van der Waals surface area (Å²) >= 11 is 12.4. The number of carboxylic acids is 1. The van der Waals surface area contributed by atoms with Crippen molar-refractivity contribution in [3.8, 4) is 0 Å². The van der Waals surface area contributed by atoms with Crippen molar-refractivity contribution in [3.05, 3.63) is 20.3 Å². The van der Waals surface area contributed by atoms with Gasteiger partial charge in [0.2, 0.25) is 6.41 Å². The third-order valence-corrected chi connectivity index (χ3v) is 2.99. The Bertz CT molecular complexity index is 366. The van der Waals surface area contributed by atoms with Gasteiger partial charge in [-0.1, -0.05) is 23.2 Å². The molecule has 14 heavy (non-hydrogen) atoms. The van der Waals surface area contributed by atoms with Crippen molar-refractivity contribution in [2.24, 2.45) is 0 Å². The minimum Gasteiger partial charge on any atom is -0.479 e. The fraction of sp³-hybridized carbons (Fsp3) is 0.143. The molecule has 0 aromatic carbocycles. The Labute approximate surface area is 93.4 Å². The van der Waals surface area contributed by atoms with Gasteiger partial charge in [0.05, 0.1) is 4.34 Å². The van der Waals surface area contributed by atoms with Crippen LogP contribution in [0.1, 0.15) is 11.6 Å². The molecule has 0 radical (unpaired) electrons. The lowest BCUT2D eigenvalue weighted by molar-refractivity contribution is -0.140. The molecular formula is C7H5Cl2NO3S. The fourth-order valence-corrected chi connectivity index (χ4v) is 2.44. The zero-order chi connectivity index (χ0) is 10.7. The number of nitrogens with one attached hydrogen (secondary N) is 1. The van der Waals surface area contributed by atoms with Crippen molar-refractivity contribution in [1.29, 1.82) is 0 Å². The van der Waals surface area contributed by atoms with Crippen LogP contribution in [-0.4, -0.2) is 17.5 Å². The average molecular weight is 254 g/mol. The van der Waals surface area contributed by atoms with Crippen LogP contribution in [0.2, 0.25) is 8.67 Å². The lowest BCUT2D eigenvalue weighted by Crippen LogP contribution is -2.26. The molecule has 0 bridgehead atoms. The normalized spacial score (nSPS) is 12.1. The third-order valence-electron chi connectivity index (χ3n) is 1.48. The molecule has 1 atom stereocenters. The van der Waals surface area contributed by atoms with E-state index in [2.05, 4.69) is 5.32 Å². The minimum atomic E-state index is -1.19. The fourth-order valence-electron chi connectivity index (χ4n) is 0.912. The van der Waals surface area contributed by atoms with E-state index >= 15 is 0 Å². The smallest absolute Gasteiger partial charge is 0.330 e. The number of hydrogen-bond donors (Lipinski definition) is 2. The number of rotatable bonds is 4. The van der Waals surface area contributed by atoms with Gasteiger partial charge in [0.1, 0.15) is 4.34 Å². The topological polar surface area (TPSA) is 66.4 Å². The molecular weight excluding hydrogens is 249 g/mol. The Morgan fingerprint density at radius 2 is 2.29 bits per heavy atom. The SMILES string of the molecule is O=CNC(C(=O)O)c1cc(Cl)sc1Cl. The number of halogens is 2. The van der Waals surface area contributed by atoms with Crippen molar-refractivity contribution in [2.45, 2.75) is 6.04 Å². The summed E-state index contributed by atoms with van der Waals surface area (Å²) in [7, 11) is 0. The standard InChI is InChI=1S/C7H5Cl2NO3S/c8-4-1-3(6(9)14-4)5(7(12)13)10-2-11/h1-2,5H,(H,10,11)(H,12,13). The molecule has 4 nitrogen and oxygen atoms in total. The number of carboxylic acid groups (broad SMARTS) is 1. The van der Waals surface area contributed by atoms with E-state index in [1.165, 1.54) is 6.07 Å². The van der Waals surface area contributed by atoms with E-state index in [1.54, 1.807) is 0 Å². The van der Waals surface area contributed by atoms with Gasteiger partial charge in [0, 0.05) is 5.56 Å². The molecule has 0 aliphatic heterocycles. The van der Waals surface area contributed by atoms with Gasteiger partial charge in [-0.15, -0.1) is 11.3 Å². The van der Waals surface area contributed by atoms with Crippen LogP contribution in [0.25, 0.3) is 0 Å². The van der Waals surface area contributed by atoms with Gasteiger partial charge >= 0.3 is 5.97 Å². The van der Waals surface area contributed by atoms with E-state index in [9.17, 15) is 9.59 Å². The van der Waals surface area contributed by atoms with Crippen molar-refractivity contribution < 1.29 is 14.7 Å². The Kier molecular flexibility index (Phi) is 3.74. The Morgan fingerprint density at radius 1 is 1.64 bits per heavy atom. The Balaban J connectivity index is 3.03. The largest absolute Gasteiger partial charge is 0.479 e. The number of amides is 1. The van der Waals surface area contributed by atoms with E-state index in [0.717, 1.165) is 11.3 Å². The Morgan fingerprint density at radius 3 is 2.64 bits per heavy atom. The second-order valence-corrected chi connectivity index (χ2v) is 4.62. The highest BCUT2D eigenvalue weighted by molar-refractivity contribution is 7.20. The van der Waals surface area contributed by atoms with E-state index in [1.807, 2.05) is 0 Å². The monoisotopic (exact) mass is 253 g/mol. The summed E-state index contributed by atoms with van der Waals surface area (Å²) in [5.74, 6) is -1.19. The van der Waals surface area contributed by atoms with Gasteiger partial charge in [-0.2, -0.15) is 0 Å². The van der Waals surface area contributed by atoms with Crippen LogP contribution < -0.4 is 5.32 Å². The molecule has 2 N–H and O–H groups in total. The first-order chi connectivity index (χ1) is 6.56. The predicted molar refractivity (Wildman–Crippen MR) is 53.9 cm³/mol. The molecule has 76 valence electrons. The van der Waals surface area contributed by atoms with Crippen LogP contribution in [0.3, 0.4) is 0 Å². The predicted octanol–water partition coefficient (Wildman–Crippen LogP) is 1.93. The lowest BCUT2D eigenvalue weighted by Gasteiger charge is -2.09. The van der Waals surface area contributed by atoms with Crippen molar-refractivity contribution >= 4 is 46.9 Å². The van der Waals surface area contributed by atoms with Gasteiger partial charge < -0.3 is 10.4 Å².